The number of fused-ring (bicyclic) bond motifs is 1. The highest BCUT2D eigenvalue weighted by Gasteiger charge is 2.05. The Bertz CT molecular complexity index is 795. The molecule has 0 spiro atoms. The molecule has 0 fully saturated rings. The quantitative estimate of drug-likeness (QED) is 0.780. The molecular weight excluding hydrogens is 280 g/mol. The minimum Gasteiger partial charge on any atom is -0.481 e. The topological polar surface area (TPSA) is 72.3 Å². The molecule has 5 heteroatoms. The van der Waals surface area contributed by atoms with Crippen molar-refractivity contribution >= 4 is 16.7 Å². The molecule has 0 saturated heterocycles. The molecule has 1 N–H and O–H groups in total. The molecule has 0 atom stereocenters. The smallest absolute Gasteiger partial charge is 0.303 e. The van der Waals surface area contributed by atoms with Gasteiger partial charge in [-0.15, -0.1) is 0 Å². The highest BCUT2D eigenvalue weighted by Crippen LogP contribution is 2.27. The Labute approximate surface area is 127 Å². The molecule has 0 bridgehead atoms. The van der Waals surface area contributed by atoms with Crippen molar-refractivity contribution in [2.24, 2.45) is 0 Å². The fourth-order valence-corrected chi connectivity index (χ4v) is 2.15. The molecule has 1 aromatic carbocycles. The normalized spacial score (nSPS) is 10.5. The van der Waals surface area contributed by atoms with Gasteiger partial charge in [0.25, 0.3) is 0 Å². The van der Waals surface area contributed by atoms with Gasteiger partial charge in [-0.25, -0.2) is 4.98 Å². The lowest BCUT2D eigenvalue weighted by Crippen LogP contribution is -1.97. The van der Waals surface area contributed by atoms with Crippen LogP contribution in [-0.4, -0.2) is 21.0 Å². The van der Waals surface area contributed by atoms with Crippen LogP contribution in [0.4, 0.5) is 0 Å². The number of ether oxygens (including phenoxy) is 1. The lowest BCUT2D eigenvalue weighted by molar-refractivity contribution is -0.136. The number of hydrogen-bond donors (Lipinski definition) is 1. The Morgan fingerprint density at radius 2 is 1.86 bits per heavy atom. The van der Waals surface area contributed by atoms with Gasteiger partial charge in [-0.1, -0.05) is 12.1 Å². The van der Waals surface area contributed by atoms with Gasteiger partial charge in [0.2, 0.25) is 5.88 Å². The monoisotopic (exact) mass is 294 g/mol. The van der Waals surface area contributed by atoms with E-state index < -0.39 is 5.97 Å². The molecule has 5 nitrogen and oxygen atoms in total. The number of hydrogen-bond acceptors (Lipinski definition) is 4. The van der Waals surface area contributed by atoms with Gasteiger partial charge < -0.3 is 9.84 Å². The zero-order valence-corrected chi connectivity index (χ0v) is 11.8. The van der Waals surface area contributed by atoms with E-state index in [0.717, 1.165) is 16.3 Å². The van der Waals surface area contributed by atoms with Crippen LogP contribution in [0.2, 0.25) is 0 Å². The maximum absolute atomic E-state index is 10.6. The molecule has 0 aliphatic carbocycles. The van der Waals surface area contributed by atoms with E-state index in [4.69, 9.17) is 9.84 Å². The van der Waals surface area contributed by atoms with Gasteiger partial charge in [0.1, 0.15) is 5.75 Å². The van der Waals surface area contributed by atoms with Crippen molar-refractivity contribution in [2.75, 3.05) is 0 Å². The van der Waals surface area contributed by atoms with Gasteiger partial charge in [-0.2, -0.15) is 0 Å². The van der Waals surface area contributed by atoms with Crippen LogP contribution < -0.4 is 4.74 Å². The first-order valence-corrected chi connectivity index (χ1v) is 6.90. The molecule has 110 valence electrons. The summed E-state index contributed by atoms with van der Waals surface area (Å²) in [4.78, 5) is 18.9. The number of carboxylic acid groups (broad SMARTS) is 1. The Morgan fingerprint density at radius 3 is 2.64 bits per heavy atom. The largest absolute Gasteiger partial charge is 0.481 e. The first-order valence-electron chi connectivity index (χ1n) is 6.90. The number of nitrogens with zero attached hydrogens (tertiary/aromatic N) is 2. The summed E-state index contributed by atoms with van der Waals surface area (Å²) < 4.78 is 5.80. The predicted molar refractivity (Wildman–Crippen MR) is 82.0 cm³/mol. The van der Waals surface area contributed by atoms with Crippen LogP contribution in [0.15, 0.2) is 55.0 Å². The number of aryl methyl sites for hydroxylation is 1. The van der Waals surface area contributed by atoms with Gasteiger partial charge in [0.15, 0.2) is 0 Å². The standard InChI is InChI=1S/C17H14N2O3/c20-16(21)6-3-12-1-4-14(5-2-12)22-17-15-11-18-9-7-13(15)8-10-19-17/h1-2,4-5,7-11H,3,6H2,(H,20,21). The SMILES string of the molecule is O=C(O)CCc1ccc(Oc2nccc3ccncc23)cc1. The second kappa shape index (κ2) is 6.22. The summed E-state index contributed by atoms with van der Waals surface area (Å²) in [6.45, 7) is 0. The van der Waals surface area contributed by atoms with Crippen LogP contribution in [0, 0.1) is 0 Å². The molecular formula is C17H14N2O3. The number of carboxylic acids is 1. The zero-order valence-electron chi connectivity index (χ0n) is 11.8. The Kier molecular flexibility index (Phi) is 3.96. The molecule has 3 rings (SSSR count). The van der Waals surface area contributed by atoms with Gasteiger partial charge in [0.05, 0.1) is 5.39 Å². The third kappa shape index (κ3) is 3.20. The van der Waals surface area contributed by atoms with Gasteiger partial charge in [0, 0.05) is 25.0 Å². The van der Waals surface area contributed by atoms with Crippen molar-refractivity contribution in [2.45, 2.75) is 12.8 Å². The van der Waals surface area contributed by atoms with Crippen molar-refractivity contribution in [3.63, 3.8) is 0 Å². The van der Waals surface area contributed by atoms with Crippen LogP contribution in [0.3, 0.4) is 0 Å². The predicted octanol–water partition coefficient (Wildman–Crippen LogP) is 3.44. The molecule has 0 radical (unpaired) electrons. The van der Waals surface area contributed by atoms with Crippen molar-refractivity contribution in [1.82, 2.24) is 9.97 Å². The number of aliphatic carboxylic acids is 1. The second-order valence-corrected chi connectivity index (χ2v) is 4.85. The van der Waals surface area contributed by atoms with Gasteiger partial charge in [-0.3, -0.25) is 9.78 Å². The third-order valence-electron chi connectivity index (χ3n) is 3.30. The highest BCUT2D eigenvalue weighted by molar-refractivity contribution is 5.85. The maximum Gasteiger partial charge on any atom is 0.303 e. The lowest BCUT2D eigenvalue weighted by atomic mass is 10.1. The van der Waals surface area contributed by atoms with E-state index in [-0.39, 0.29) is 6.42 Å². The summed E-state index contributed by atoms with van der Waals surface area (Å²) >= 11 is 0. The fraction of sp³-hybridized carbons (Fsp3) is 0.118. The number of pyridine rings is 2. The molecule has 0 aliphatic heterocycles. The van der Waals surface area contributed by atoms with Crippen LogP contribution in [-0.2, 0) is 11.2 Å². The second-order valence-electron chi connectivity index (χ2n) is 4.85. The van der Waals surface area contributed by atoms with Crippen molar-refractivity contribution in [3.8, 4) is 11.6 Å². The van der Waals surface area contributed by atoms with Crippen molar-refractivity contribution in [1.29, 1.82) is 0 Å². The molecule has 0 amide bonds. The highest BCUT2D eigenvalue weighted by atomic mass is 16.5. The van der Waals surface area contributed by atoms with E-state index >= 15 is 0 Å². The van der Waals surface area contributed by atoms with Crippen LogP contribution in [0.5, 0.6) is 11.6 Å². The summed E-state index contributed by atoms with van der Waals surface area (Å²) in [5, 5.41) is 10.5. The van der Waals surface area contributed by atoms with Crippen molar-refractivity contribution < 1.29 is 14.6 Å². The molecule has 0 unspecified atom stereocenters. The molecule has 0 aliphatic rings. The van der Waals surface area contributed by atoms with Crippen LogP contribution in [0.25, 0.3) is 10.8 Å². The molecule has 22 heavy (non-hydrogen) atoms. The summed E-state index contributed by atoms with van der Waals surface area (Å²) in [6, 6.07) is 11.2. The maximum atomic E-state index is 10.6. The number of benzene rings is 1. The van der Waals surface area contributed by atoms with Gasteiger partial charge in [-0.05, 0) is 41.6 Å². The first kappa shape index (κ1) is 14.0. The Hall–Kier alpha value is -2.95. The minimum absolute atomic E-state index is 0.122. The van der Waals surface area contributed by atoms with E-state index in [1.165, 1.54) is 0 Å². The van der Waals surface area contributed by atoms with Gasteiger partial charge >= 0.3 is 5.97 Å². The Balaban J connectivity index is 1.79. The number of aromatic nitrogens is 2. The summed E-state index contributed by atoms with van der Waals surface area (Å²) in [5.41, 5.74) is 0.960. The van der Waals surface area contributed by atoms with E-state index in [2.05, 4.69) is 9.97 Å². The lowest BCUT2D eigenvalue weighted by Gasteiger charge is -2.08. The summed E-state index contributed by atoms with van der Waals surface area (Å²) in [6.07, 6.45) is 5.77. The number of carbonyl (C=O) groups is 1. The molecule has 2 aromatic heterocycles. The Morgan fingerprint density at radius 1 is 1.09 bits per heavy atom. The van der Waals surface area contributed by atoms with Crippen molar-refractivity contribution in [3.05, 3.63) is 60.6 Å². The minimum atomic E-state index is -0.798. The van der Waals surface area contributed by atoms with E-state index in [0.29, 0.717) is 18.1 Å². The van der Waals surface area contributed by atoms with E-state index in [1.807, 2.05) is 36.4 Å². The van der Waals surface area contributed by atoms with Crippen LogP contribution >= 0.6 is 0 Å². The zero-order chi connectivity index (χ0) is 15.4. The average molecular weight is 294 g/mol. The average Bonchev–Trinajstić information content (AvgIpc) is 2.54. The summed E-state index contributed by atoms with van der Waals surface area (Å²) in [5.74, 6) is 0.361. The van der Waals surface area contributed by atoms with E-state index in [1.54, 1.807) is 18.6 Å². The van der Waals surface area contributed by atoms with Crippen LogP contribution in [0.1, 0.15) is 12.0 Å². The van der Waals surface area contributed by atoms with E-state index in [9.17, 15) is 4.79 Å². The first-order chi connectivity index (χ1) is 10.7. The molecule has 0 saturated carbocycles. The number of rotatable bonds is 5. The third-order valence-corrected chi connectivity index (χ3v) is 3.30. The molecule has 2 heterocycles. The molecule has 3 aromatic rings. The fourth-order valence-electron chi connectivity index (χ4n) is 2.15. The summed E-state index contributed by atoms with van der Waals surface area (Å²) in [7, 11) is 0.